The number of aliphatic hydroxyl groups is 1. The standard InChI is InChI=1S/C21H26O7/c1-12(2)10-17(23)27-11-13(3)19(24)21(26-5)18-15(25-4)8-6-14-7-9-16(22)28-20(14)18/h6-9,12,19,21,24H,3,10-11H2,1-2,4-5H3/t19-,21-/m1/s1. The van der Waals surface area contributed by atoms with Gasteiger partial charge in [-0.15, -0.1) is 0 Å². The minimum atomic E-state index is -1.22. The number of carbonyl (C=O) groups excluding carboxylic acids is 1. The van der Waals surface area contributed by atoms with Crippen LogP contribution in [0, 0.1) is 5.92 Å². The molecule has 1 aromatic carbocycles. The minimum absolute atomic E-state index is 0.149. The van der Waals surface area contributed by atoms with Crippen LogP contribution >= 0.6 is 0 Å². The van der Waals surface area contributed by atoms with Crippen LogP contribution in [0.3, 0.4) is 0 Å². The number of hydrogen-bond donors (Lipinski definition) is 1. The Morgan fingerprint density at radius 3 is 2.50 bits per heavy atom. The molecule has 1 N–H and O–H groups in total. The van der Waals surface area contributed by atoms with E-state index in [-0.39, 0.29) is 36.1 Å². The average molecular weight is 390 g/mol. The lowest BCUT2D eigenvalue weighted by molar-refractivity contribution is -0.144. The van der Waals surface area contributed by atoms with Crippen molar-refractivity contribution in [3.8, 4) is 5.75 Å². The van der Waals surface area contributed by atoms with Crippen LogP contribution in [0.15, 0.2) is 45.6 Å². The Bertz CT molecular complexity index is 897. The van der Waals surface area contributed by atoms with Gasteiger partial charge >= 0.3 is 11.6 Å². The first-order chi connectivity index (χ1) is 13.3. The normalized spacial score (nSPS) is 13.4. The maximum atomic E-state index is 11.8. The molecule has 28 heavy (non-hydrogen) atoms. The van der Waals surface area contributed by atoms with Crippen LogP contribution in [0.4, 0.5) is 0 Å². The number of carbonyl (C=O) groups is 1. The van der Waals surface area contributed by atoms with Crippen LogP contribution in [0.25, 0.3) is 11.0 Å². The average Bonchev–Trinajstić information content (AvgIpc) is 2.66. The fraction of sp³-hybridized carbons (Fsp3) is 0.429. The topological polar surface area (TPSA) is 95.2 Å². The molecule has 7 nitrogen and oxygen atoms in total. The van der Waals surface area contributed by atoms with Crippen molar-refractivity contribution in [2.45, 2.75) is 32.5 Å². The van der Waals surface area contributed by atoms with Gasteiger partial charge in [-0.25, -0.2) is 4.79 Å². The molecule has 0 aliphatic heterocycles. The highest BCUT2D eigenvalue weighted by molar-refractivity contribution is 5.82. The summed E-state index contributed by atoms with van der Waals surface area (Å²) < 4.78 is 21.4. The first kappa shape index (κ1) is 21.7. The summed E-state index contributed by atoms with van der Waals surface area (Å²) in [6, 6.07) is 6.36. The predicted molar refractivity (Wildman–Crippen MR) is 104 cm³/mol. The van der Waals surface area contributed by atoms with Crippen LogP contribution in [0.2, 0.25) is 0 Å². The van der Waals surface area contributed by atoms with Gasteiger partial charge in [0.1, 0.15) is 30.1 Å². The number of rotatable bonds is 9. The quantitative estimate of drug-likeness (QED) is 0.399. The number of aliphatic hydroxyl groups excluding tert-OH is 1. The molecule has 0 aliphatic carbocycles. The number of hydrogen-bond acceptors (Lipinski definition) is 7. The fourth-order valence-electron chi connectivity index (χ4n) is 2.85. The van der Waals surface area contributed by atoms with Crippen molar-refractivity contribution in [1.29, 1.82) is 0 Å². The lowest BCUT2D eigenvalue weighted by atomic mass is 9.96. The molecule has 7 heteroatoms. The summed E-state index contributed by atoms with van der Waals surface area (Å²) in [7, 11) is 2.87. The van der Waals surface area contributed by atoms with E-state index in [2.05, 4.69) is 6.58 Å². The number of ether oxygens (including phenoxy) is 3. The monoisotopic (exact) mass is 390 g/mol. The summed E-state index contributed by atoms with van der Waals surface area (Å²) in [5.74, 6) is 0.184. The van der Waals surface area contributed by atoms with E-state index in [0.717, 1.165) is 0 Å². The molecule has 152 valence electrons. The molecule has 0 spiro atoms. The zero-order chi connectivity index (χ0) is 20.8. The molecule has 1 aromatic heterocycles. The van der Waals surface area contributed by atoms with Gasteiger partial charge in [-0.2, -0.15) is 0 Å². The van der Waals surface area contributed by atoms with E-state index in [1.54, 1.807) is 18.2 Å². The molecule has 0 fully saturated rings. The maximum Gasteiger partial charge on any atom is 0.336 e. The van der Waals surface area contributed by atoms with Crippen molar-refractivity contribution in [3.63, 3.8) is 0 Å². The Morgan fingerprint density at radius 2 is 1.89 bits per heavy atom. The lowest BCUT2D eigenvalue weighted by Crippen LogP contribution is -2.26. The Balaban J connectivity index is 2.33. The summed E-state index contributed by atoms with van der Waals surface area (Å²) in [6.45, 7) is 7.48. The number of fused-ring (bicyclic) bond motifs is 1. The van der Waals surface area contributed by atoms with Gasteiger partial charge in [-0.3, -0.25) is 4.79 Å². The Labute approximate surface area is 163 Å². The van der Waals surface area contributed by atoms with Crippen LogP contribution in [-0.4, -0.2) is 38.0 Å². The molecule has 0 unspecified atom stereocenters. The molecule has 2 atom stereocenters. The smallest absolute Gasteiger partial charge is 0.336 e. The summed E-state index contributed by atoms with van der Waals surface area (Å²) in [4.78, 5) is 23.5. The third kappa shape index (κ3) is 4.99. The van der Waals surface area contributed by atoms with Crippen molar-refractivity contribution < 1.29 is 28.5 Å². The van der Waals surface area contributed by atoms with Crippen LogP contribution in [0.5, 0.6) is 5.75 Å². The molecular weight excluding hydrogens is 364 g/mol. The summed E-state index contributed by atoms with van der Waals surface area (Å²) in [5.41, 5.74) is 0.346. The van der Waals surface area contributed by atoms with Crippen molar-refractivity contribution in [2.24, 2.45) is 5.92 Å². The fourth-order valence-corrected chi connectivity index (χ4v) is 2.85. The summed E-state index contributed by atoms with van der Waals surface area (Å²) in [5, 5.41) is 11.4. The van der Waals surface area contributed by atoms with Crippen molar-refractivity contribution in [2.75, 3.05) is 20.8 Å². The van der Waals surface area contributed by atoms with Gasteiger partial charge in [0.05, 0.1) is 12.7 Å². The van der Waals surface area contributed by atoms with E-state index in [1.807, 2.05) is 13.8 Å². The van der Waals surface area contributed by atoms with E-state index in [4.69, 9.17) is 18.6 Å². The molecule has 0 saturated heterocycles. The zero-order valence-corrected chi connectivity index (χ0v) is 16.6. The van der Waals surface area contributed by atoms with E-state index < -0.39 is 17.8 Å². The van der Waals surface area contributed by atoms with Gasteiger partial charge < -0.3 is 23.7 Å². The SMILES string of the molecule is C=C(COC(=O)CC(C)C)[C@@H](O)[C@H](OC)c1c(OC)ccc2ccc(=O)oc12. The summed E-state index contributed by atoms with van der Waals surface area (Å²) >= 11 is 0. The molecule has 2 aromatic rings. The highest BCUT2D eigenvalue weighted by Crippen LogP contribution is 2.37. The molecule has 1 heterocycles. The number of esters is 1. The van der Waals surface area contributed by atoms with Gasteiger partial charge in [0, 0.05) is 25.0 Å². The van der Waals surface area contributed by atoms with E-state index in [0.29, 0.717) is 16.7 Å². The highest BCUT2D eigenvalue weighted by atomic mass is 16.5. The number of benzene rings is 1. The first-order valence-corrected chi connectivity index (χ1v) is 8.93. The van der Waals surface area contributed by atoms with Gasteiger partial charge in [0.15, 0.2) is 0 Å². The molecule has 0 radical (unpaired) electrons. The van der Waals surface area contributed by atoms with Gasteiger partial charge in [0.25, 0.3) is 0 Å². The van der Waals surface area contributed by atoms with Gasteiger partial charge in [-0.1, -0.05) is 20.4 Å². The van der Waals surface area contributed by atoms with E-state index in [9.17, 15) is 14.7 Å². The molecule has 0 amide bonds. The molecule has 0 aliphatic rings. The number of methoxy groups -OCH3 is 2. The van der Waals surface area contributed by atoms with Crippen LogP contribution in [-0.2, 0) is 14.3 Å². The van der Waals surface area contributed by atoms with E-state index >= 15 is 0 Å². The Kier molecular flexibility index (Phi) is 7.37. The van der Waals surface area contributed by atoms with Gasteiger partial charge in [-0.05, 0) is 29.7 Å². The first-order valence-electron chi connectivity index (χ1n) is 8.93. The third-order valence-corrected chi connectivity index (χ3v) is 4.25. The maximum absolute atomic E-state index is 11.8. The Hall–Kier alpha value is -2.64. The molecule has 0 bridgehead atoms. The zero-order valence-electron chi connectivity index (χ0n) is 16.6. The molecular formula is C21H26O7. The Morgan fingerprint density at radius 1 is 1.21 bits per heavy atom. The second-order valence-electron chi connectivity index (χ2n) is 6.87. The lowest BCUT2D eigenvalue weighted by Gasteiger charge is -2.25. The largest absolute Gasteiger partial charge is 0.496 e. The highest BCUT2D eigenvalue weighted by Gasteiger charge is 2.30. The minimum Gasteiger partial charge on any atom is -0.496 e. The predicted octanol–water partition coefficient (Wildman–Crippen LogP) is 3.00. The second kappa shape index (κ2) is 9.52. The van der Waals surface area contributed by atoms with Gasteiger partial charge in [0.2, 0.25) is 0 Å². The van der Waals surface area contributed by atoms with Crippen LogP contribution in [0.1, 0.15) is 31.9 Å². The van der Waals surface area contributed by atoms with Crippen molar-refractivity contribution in [1.82, 2.24) is 0 Å². The summed E-state index contributed by atoms with van der Waals surface area (Å²) in [6.07, 6.45) is -1.89. The molecule has 2 rings (SSSR count). The third-order valence-electron chi connectivity index (χ3n) is 4.25. The van der Waals surface area contributed by atoms with Crippen LogP contribution < -0.4 is 10.4 Å². The second-order valence-corrected chi connectivity index (χ2v) is 6.87. The molecule has 0 saturated carbocycles. The van der Waals surface area contributed by atoms with Crippen molar-refractivity contribution >= 4 is 16.9 Å². The van der Waals surface area contributed by atoms with Crippen molar-refractivity contribution in [3.05, 3.63) is 52.4 Å². The van der Waals surface area contributed by atoms with E-state index in [1.165, 1.54) is 20.3 Å².